The molecule has 6 nitrogen and oxygen atoms in total. The van der Waals surface area contributed by atoms with Crippen molar-refractivity contribution in [1.29, 1.82) is 0 Å². The van der Waals surface area contributed by atoms with Crippen molar-refractivity contribution < 1.29 is 18.3 Å². The molecule has 8 heteroatoms. The van der Waals surface area contributed by atoms with Crippen molar-refractivity contribution in [3.63, 3.8) is 0 Å². The quantitative estimate of drug-likeness (QED) is 0.861. The Morgan fingerprint density at radius 1 is 1.29 bits per heavy atom. The van der Waals surface area contributed by atoms with Crippen LogP contribution in [0.25, 0.3) is 0 Å². The predicted octanol–water partition coefficient (Wildman–Crippen LogP) is 1.26. The first-order valence-electron chi connectivity index (χ1n) is 6.60. The van der Waals surface area contributed by atoms with Gasteiger partial charge in [0.15, 0.2) is 0 Å². The molecule has 116 valence electrons. The Bertz CT molecular complexity index is 640. The monoisotopic (exact) mass is 376 g/mol. The molecule has 1 aromatic carbocycles. The number of piperazine rings is 1. The van der Waals surface area contributed by atoms with Crippen LogP contribution < -0.4 is 0 Å². The highest BCUT2D eigenvalue weighted by molar-refractivity contribution is 9.10. The van der Waals surface area contributed by atoms with E-state index in [0.29, 0.717) is 30.7 Å². The molecule has 0 aromatic heterocycles. The van der Waals surface area contributed by atoms with Gasteiger partial charge in [0.05, 0.1) is 11.3 Å². The van der Waals surface area contributed by atoms with E-state index in [0.717, 1.165) is 0 Å². The summed E-state index contributed by atoms with van der Waals surface area (Å²) >= 11 is 3.22. The fraction of sp³-hybridized carbons (Fsp3) is 0.462. The number of aromatic hydroxyl groups is 1. The van der Waals surface area contributed by atoms with E-state index >= 15 is 0 Å². The minimum atomic E-state index is -3.21. The number of carbonyl (C=O) groups is 1. The van der Waals surface area contributed by atoms with E-state index in [2.05, 4.69) is 15.9 Å². The third-order valence-electron chi connectivity index (χ3n) is 3.47. The van der Waals surface area contributed by atoms with Gasteiger partial charge >= 0.3 is 0 Å². The van der Waals surface area contributed by atoms with Gasteiger partial charge in [-0.05, 0) is 25.1 Å². The van der Waals surface area contributed by atoms with Gasteiger partial charge in [-0.25, -0.2) is 8.42 Å². The van der Waals surface area contributed by atoms with Crippen molar-refractivity contribution in [2.24, 2.45) is 0 Å². The number of phenols is 1. The van der Waals surface area contributed by atoms with Crippen LogP contribution in [-0.4, -0.2) is 60.6 Å². The maximum absolute atomic E-state index is 12.3. The number of rotatable bonds is 3. The molecule has 0 saturated carbocycles. The second-order valence-corrected chi connectivity index (χ2v) is 7.93. The van der Waals surface area contributed by atoms with E-state index in [4.69, 9.17) is 0 Å². The Morgan fingerprint density at radius 3 is 2.43 bits per heavy atom. The molecule has 1 saturated heterocycles. The molecule has 2 rings (SSSR count). The maximum Gasteiger partial charge on any atom is 0.257 e. The maximum atomic E-state index is 12.3. The Hall–Kier alpha value is -1.12. The van der Waals surface area contributed by atoms with Gasteiger partial charge in [-0.1, -0.05) is 15.9 Å². The van der Waals surface area contributed by atoms with Crippen molar-refractivity contribution in [1.82, 2.24) is 9.21 Å². The highest BCUT2D eigenvalue weighted by atomic mass is 79.9. The molecule has 1 aliphatic heterocycles. The second-order valence-electron chi connectivity index (χ2n) is 4.75. The first-order chi connectivity index (χ1) is 9.85. The van der Waals surface area contributed by atoms with Crippen LogP contribution in [0, 0.1) is 0 Å². The lowest BCUT2D eigenvalue weighted by molar-refractivity contribution is 0.0695. The van der Waals surface area contributed by atoms with Crippen LogP contribution >= 0.6 is 15.9 Å². The molecule has 1 aliphatic rings. The van der Waals surface area contributed by atoms with Gasteiger partial charge in [0.1, 0.15) is 5.75 Å². The summed E-state index contributed by atoms with van der Waals surface area (Å²) in [7, 11) is -3.21. The topological polar surface area (TPSA) is 77.9 Å². The highest BCUT2D eigenvalue weighted by Crippen LogP contribution is 2.24. The first-order valence-corrected chi connectivity index (χ1v) is 9.01. The number of nitrogens with zero attached hydrogens (tertiary/aromatic N) is 2. The van der Waals surface area contributed by atoms with E-state index in [1.54, 1.807) is 24.0 Å². The predicted molar refractivity (Wildman–Crippen MR) is 82.7 cm³/mol. The Balaban J connectivity index is 2.07. The van der Waals surface area contributed by atoms with Crippen LogP contribution in [0.5, 0.6) is 5.75 Å². The average molecular weight is 377 g/mol. The highest BCUT2D eigenvalue weighted by Gasteiger charge is 2.28. The third-order valence-corrected chi connectivity index (χ3v) is 5.85. The zero-order chi connectivity index (χ0) is 15.6. The van der Waals surface area contributed by atoms with Crippen LogP contribution in [-0.2, 0) is 10.0 Å². The number of halogens is 1. The van der Waals surface area contributed by atoms with Crippen LogP contribution in [0.4, 0.5) is 0 Å². The molecule has 1 fully saturated rings. The SMILES string of the molecule is CCS(=O)(=O)N1CCN(C(=O)c2ccc(Br)cc2O)CC1. The molecule has 21 heavy (non-hydrogen) atoms. The van der Waals surface area contributed by atoms with Crippen molar-refractivity contribution in [2.45, 2.75) is 6.92 Å². The van der Waals surface area contributed by atoms with Gasteiger partial charge in [-0.2, -0.15) is 4.31 Å². The number of benzene rings is 1. The molecule has 1 N–H and O–H groups in total. The number of carbonyl (C=O) groups excluding carboxylic acids is 1. The summed E-state index contributed by atoms with van der Waals surface area (Å²) in [6.07, 6.45) is 0. The van der Waals surface area contributed by atoms with Crippen molar-refractivity contribution >= 4 is 31.9 Å². The average Bonchev–Trinajstić information content (AvgIpc) is 2.47. The lowest BCUT2D eigenvalue weighted by Gasteiger charge is -2.33. The summed E-state index contributed by atoms with van der Waals surface area (Å²) in [4.78, 5) is 13.9. The van der Waals surface area contributed by atoms with Crippen LogP contribution in [0.3, 0.4) is 0 Å². The molecule has 1 amide bonds. The molecule has 1 aromatic rings. The fourth-order valence-corrected chi connectivity index (χ4v) is 3.64. The number of sulfonamides is 1. The third kappa shape index (κ3) is 3.56. The minimum Gasteiger partial charge on any atom is -0.507 e. The smallest absolute Gasteiger partial charge is 0.257 e. The first kappa shape index (κ1) is 16.3. The van der Waals surface area contributed by atoms with Gasteiger partial charge in [0.25, 0.3) is 5.91 Å². The molecular formula is C13H17BrN2O4S. The fourth-order valence-electron chi connectivity index (χ4n) is 2.21. The summed E-state index contributed by atoms with van der Waals surface area (Å²) < 4.78 is 25.6. The lowest BCUT2D eigenvalue weighted by Crippen LogP contribution is -2.50. The summed E-state index contributed by atoms with van der Waals surface area (Å²) in [6, 6.07) is 4.70. The zero-order valence-corrected chi connectivity index (χ0v) is 14.0. The van der Waals surface area contributed by atoms with Crippen molar-refractivity contribution in [2.75, 3.05) is 31.9 Å². The van der Waals surface area contributed by atoms with Crippen molar-refractivity contribution in [3.05, 3.63) is 28.2 Å². The molecule has 1 heterocycles. The summed E-state index contributed by atoms with van der Waals surface area (Å²) in [6.45, 7) is 2.84. The number of amides is 1. The minimum absolute atomic E-state index is 0.0639. The van der Waals surface area contributed by atoms with E-state index in [1.807, 2.05) is 0 Å². The van der Waals surface area contributed by atoms with Gasteiger partial charge in [-0.3, -0.25) is 4.79 Å². The lowest BCUT2D eigenvalue weighted by atomic mass is 10.1. The zero-order valence-electron chi connectivity index (χ0n) is 11.6. The Labute approximate surface area is 132 Å². The molecule has 0 unspecified atom stereocenters. The van der Waals surface area contributed by atoms with Gasteiger partial charge in [0.2, 0.25) is 10.0 Å². The van der Waals surface area contributed by atoms with Gasteiger partial charge in [0, 0.05) is 30.7 Å². The number of phenolic OH excluding ortho intramolecular Hbond substituents is 1. The summed E-state index contributed by atoms with van der Waals surface area (Å²) in [5.74, 6) is -0.305. The van der Waals surface area contributed by atoms with Gasteiger partial charge in [-0.15, -0.1) is 0 Å². The molecule has 0 bridgehead atoms. The molecule has 0 spiro atoms. The molecule has 0 atom stereocenters. The number of hydrogen-bond donors (Lipinski definition) is 1. The Kier molecular flexibility index (Phi) is 4.90. The van der Waals surface area contributed by atoms with E-state index in [-0.39, 0.29) is 23.0 Å². The van der Waals surface area contributed by atoms with E-state index in [1.165, 1.54) is 10.4 Å². The van der Waals surface area contributed by atoms with E-state index in [9.17, 15) is 18.3 Å². The summed E-state index contributed by atoms with van der Waals surface area (Å²) in [5, 5.41) is 9.83. The van der Waals surface area contributed by atoms with Crippen LogP contribution in [0.2, 0.25) is 0 Å². The molecule has 0 aliphatic carbocycles. The van der Waals surface area contributed by atoms with Gasteiger partial charge < -0.3 is 10.0 Å². The number of hydrogen-bond acceptors (Lipinski definition) is 4. The van der Waals surface area contributed by atoms with E-state index < -0.39 is 10.0 Å². The van der Waals surface area contributed by atoms with Crippen LogP contribution in [0.1, 0.15) is 17.3 Å². The Morgan fingerprint density at radius 2 is 1.90 bits per heavy atom. The largest absolute Gasteiger partial charge is 0.507 e. The van der Waals surface area contributed by atoms with Crippen LogP contribution in [0.15, 0.2) is 22.7 Å². The second kappa shape index (κ2) is 6.33. The normalized spacial score (nSPS) is 17.0. The summed E-state index contributed by atoms with van der Waals surface area (Å²) in [5.41, 5.74) is 0.227. The van der Waals surface area contributed by atoms with Crippen molar-refractivity contribution in [3.8, 4) is 5.75 Å². The standard InChI is InChI=1S/C13H17BrN2O4S/c1-2-21(19,20)16-7-5-15(6-8-16)13(18)11-4-3-10(14)9-12(11)17/h3-4,9,17H,2,5-8H2,1H3. The molecular weight excluding hydrogens is 360 g/mol. The molecule has 0 radical (unpaired) electrons.